The SMILES string of the molecule is [2H]C([2H])([2H])N([13CH3])[C@@H](CCSC)C(=O)O. The molecule has 0 aliphatic heterocycles. The van der Waals surface area contributed by atoms with Crippen LogP contribution in [-0.4, -0.2) is 48.0 Å². The van der Waals surface area contributed by atoms with Crippen LogP contribution in [0.25, 0.3) is 0 Å². The number of nitrogens with zero attached hydrogens (tertiary/aromatic N) is 1. The molecule has 66 valence electrons. The van der Waals surface area contributed by atoms with Crippen molar-refractivity contribution in [1.29, 1.82) is 0 Å². The monoisotopic (exact) mass is 181 g/mol. The summed E-state index contributed by atoms with van der Waals surface area (Å²) in [6, 6.07) is -0.935. The molecular weight excluding hydrogens is 163 g/mol. The topological polar surface area (TPSA) is 40.5 Å². The van der Waals surface area contributed by atoms with Gasteiger partial charge in [-0.05, 0) is 32.5 Å². The summed E-state index contributed by atoms with van der Waals surface area (Å²) in [6.45, 7) is -2.35. The highest BCUT2D eigenvalue weighted by molar-refractivity contribution is 7.98. The third-order valence-corrected chi connectivity index (χ3v) is 1.99. The van der Waals surface area contributed by atoms with Gasteiger partial charge in [-0.2, -0.15) is 11.8 Å². The summed E-state index contributed by atoms with van der Waals surface area (Å²) in [5, 5.41) is 8.83. The molecule has 0 aromatic heterocycles. The molecule has 0 fully saturated rings. The molecule has 4 heteroatoms. The van der Waals surface area contributed by atoms with Gasteiger partial charge in [0.2, 0.25) is 0 Å². The van der Waals surface area contributed by atoms with Gasteiger partial charge in [-0.3, -0.25) is 9.69 Å². The summed E-state index contributed by atoms with van der Waals surface area (Å²) in [4.78, 5) is 11.7. The molecule has 0 saturated carbocycles. The van der Waals surface area contributed by atoms with E-state index in [1.807, 2.05) is 6.26 Å². The van der Waals surface area contributed by atoms with E-state index < -0.39 is 19.0 Å². The van der Waals surface area contributed by atoms with Gasteiger partial charge in [0, 0.05) is 4.11 Å². The zero-order valence-electron chi connectivity index (χ0n) is 9.70. The van der Waals surface area contributed by atoms with Gasteiger partial charge in [-0.25, -0.2) is 0 Å². The minimum absolute atomic E-state index is 0.339. The van der Waals surface area contributed by atoms with Crippen molar-refractivity contribution in [2.75, 3.05) is 26.0 Å². The van der Waals surface area contributed by atoms with E-state index in [0.29, 0.717) is 12.2 Å². The van der Waals surface area contributed by atoms with Gasteiger partial charge >= 0.3 is 5.97 Å². The van der Waals surface area contributed by atoms with Crippen LogP contribution < -0.4 is 0 Å². The second kappa shape index (κ2) is 5.43. The van der Waals surface area contributed by atoms with Gasteiger partial charge in [0.1, 0.15) is 6.04 Å². The largest absolute Gasteiger partial charge is 0.480 e. The summed E-state index contributed by atoms with van der Waals surface area (Å²) >= 11 is 1.50. The molecule has 1 N–H and O–H groups in total. The average Bonchev–Trinajstić information content (AvgIpc) is 2.02. The van der Waals surface area contributed by atoms with E-state index in [0.717, 1.165) is 4.90 Å². The van der Waals surface area contributed by atoms with Gasteiger partial charge in [-0.1, -0.05) is 0 Å². The van der Waals surface area contributed by atoms with Crippen LogP contribution in [0.4, 0.5) is 0 Å². The molecule has 0 aliphatic rings. The lowest BCUT2D eigenvalue weighted by molar-refractivity contribution is -0.142. The van der Waals surface area contributed by atoms with Crippen molar-refractivity contribution >= 4 is 17.7 Å². The number of carboxylic acid groups (broad SMARTS) is 1. The van der Waals surface area contributed by atoms with E-state index >= 15 is 0 Å². The predicted molar refractivity (Wildman–Crippen MR) is 48.1 cm³/mol. The summed E-state index contributed by atoms with van der Waals surface area (Å²) in [5.41, 5.74) is 0. The number of carbonyl (C=O) groups is 1. The molecule has 11 heavy (non-hydrogen) atoms. The zero-order valence-corrected chi connectivity index (χ0v) is 7.52. The summed E-state index contributed by atoms with van der Waals surface area (Å²) in [6.07, 6.45) is 2.19. The van der Waals surface area contributed by atoms with Crippen molar-refractivity contribution in [3.8, 4) is 0 Å². The lowest BCUT2D eigenvalue weighted by Gasteiger charge is -2.18. The fourth-order valence-electron chi connectivity index (χ4n) is 0.712. The van der Waals surface area contributed by atoms with Crippen LogP contribution in [0, 0.1) is 0 Å². The Hall–Kier alpha value is -0.220. The molecule has 0 aliphatic carbocycles. The first-order valence-electron chi connectivity index (χ1n) is 4.75. The van der Waals surface area contributed by atoms with E-state index in [1.165, 1.54) is 18.8 Å². The maximum Gasteiger partial charge on any atom is 0.320 e. The molecule has 0 unspecified atom stereocenters. The molecule has 0 radical (unpaired) electrons. The number of likely N-dealkylation sites (N-methyl/N-ethyl adjacent to an activating group) is 1. The fraction of sp³-hybridized carbons (Fsp3) is 0.857. The molecule has 0 saturated heterocycles. The van der Waals surface area contributed by atoms with Crippen LogP contribution >= 0.6 is 11.8 Å². The Morgan fingerprint density at radius 2 is 2.55 bits per heavy atom. The maximum absolute atomic E-state index is 10.8. The molecule has 1 atom stereocenters. The van der Waals surface area contributed by atoms with Crippen LogP contribution in [0.2, 0.25) is 0 Å². The molecule has 0 spiro atoms. The van der Waals surface area contributed by atoms with Crippen LogP contribution in [0.15, 0.2) is 0 Å². The molecule has 0 heterocycles. The van der Waals surface area contributed by atoms with Crippen molar-refractivity contribution in [2.45, 2.75) is 12.5 Å². The standard InChI is InChI=1S/C7H15NO2S/c1-8(2)6(7(9)10)4-5-11-3/h6H,4-5H2,1-3H3,(H,9,10)/t6-/m0/s1/i1D3,2+1. The Morgan fingerprint density at radius 3 is 2.91 bits per heavy atom. The van der Waals surface area contributed by atoms with Crippen LogP contribution in [0.3, 0.4) is 0 Å². The quantitative estimate of drug-likeness (QED) is 0.636. The third-order valence-electron chi connectivity index (χ3n) is 1.35. The number of aliphatic carboxylic acids is 1. The number of rotatable bonds is 5. The Balaban J connectivity index is 4.41. The highest BCUT2D eigenvalue weighted by atomic mass is 32.2. The Labute approximate surface area is 76.0 Å². The van der Waals surface area contributed by atoms with Crippen molar-refractivity contribution in [3.05, 3.63) is 0 Å². The Morgan fingerprint density at radius 1 is 1.91 bits per heavy atom. The Bertz CT molecular complexity index is 198. The van der Waals surface area contributed by atoms with Crippen LogP contribution in [0.5, 0.6) is 0 Å². The van der Waals surface area contributed by atoms with Crippen molar-refractivity contribution in [3.63, 3.8) is 0 Å². The van der Waals surface area contributed by atoms with Crippen molar-refractivity contribution in [2.24, 2.45) is 0 Å². The first kappa shape index (κ1) is 6.31. The molecule has 0 amide bonds. The van der Waals surface area contributed by atoms with E-state index in [-0.39, 0.29) is 0 Å². The number of thioether (sulfide) groups is 1. The lowest BCUT2D eigenvalue weighted by Crippen LogP contribution is -2.35. The number of carboxylic acids is 1. The van der Waals surface area contributed by atoms with Crippen molar-refractivity contribution in [1.82, 2.24) is 4.90 Å². The van der Waals surface area contributed by atoms with Crippen LogP contribution in [-0.2, 0) is 4.79 Å². The molecule has 0 aromatic rings. The smallest absolute Gasteiger partial charge is 0.320 e. The van der Waals surface area contributed by atoms with Crippen molar-refractivity contribution < 1.29 is 14.0 Å². The fourth-order valence-corrected chi connectivity index (χ4v) is 1.17. The minimum Gasteiger partial charge on any atom is -0.480 e. The molecule has 0 bridgehead atoms. The lowest BCUT2D eigenvalue weighted by atomic mass is 10.2. The Kier molecular flexibility index (Phi) is 3.12. The highest BCUT2D eigenvalue weighted by Gasteiger charge is 2.18. The van der Waals surface area contributed by atoms with Gasteiger partial charge in [0.15, 0.2) is 0 Å². The summed E-state index contributed by atoms with van der Waals surface area (Å²) in [5.74, 6) is -0.449. The molecule has 0 aromatic carbocycles. The number of hydrogen-bond donors (Lipinski definition) is 1. The molecule has 3 nitrogen and oxygen atoms in total. The first-order valence-corrected chi connectivity index (χ1v) is 4.64. The molecular formula is C7H15NO2S. The van der Waals surface area contributed by atoms with Gasteiger partial charge in [0.05, 0.1) is 0 Å². The highest BCUT2D eigenvalue weighted by Crippen LogP contribution is 2.04. The first-order chi connectivity index (χ1) is 6.30. The second-order valence-corrected chi connectivity index (χ2v) is 3.23. The summed E-state index contributed by atoms with van der Waals surface area (Å²) < 4.78 is 21.3. The predicted octanol–water partition coefficient (Wildman–Crippen LogP) is 0.754. The molecule has 0 rings (SSSR count). The van der Waals surface area contributed by atoms with E-state index in [2.05, 4.69) is 0 Å². The third kappa shape index (κ3) is 4.27. The van der Waals surface area contributed by atoms with E-state index in [1.54, 1.807) is 0 Å². The van der Waals surface area contributed by atoms with Crippen LogP contribution in [0.1, 0.15) is 10.5 Å². The van der Waals surface area contributed by atoms with Gasteiger partial charge in [0.25, 0.3) is 0 Å². The maximum atomic E-state index is 10.8. The minimum atomic E-state index is -2.35. The normalized spacial score (nSPS) is 18.6. The zero-order chi connectivity index (χ0) is 11.4. The number of hydrogen-bond acceptors (Lipinski definition) is 3. The van der Waals surface area contributed by atoms with E-state index in [4.69, 9.17) is 9.22 Å². The second-order valence-electron chi connectivity index (χ2n) is 2.25. The van der Waals surface area contributed by atoms with Gasteiger partial charge in [-0.15, -0.1) is 0 Å². The van der Waals surface area contributed by atoms with Gasteiger partial charge < -0.3 is 5.11 Å². The van der Waals surface area contributed by atoms with E-state index in [9.17, 15) is 4.79 Å². The average molecular weight is 181 g/mol. The summed E-state index contributed by atoms with van der Waals surface area (Å²) in [7, 11) is 1.31.